The third kappa shape index (κ3) is 4.40. The summed E-state index contributed by atoms with van der Waals surface area (Å²) < 4.78 is 43.9. The molecule has 1 aromatic heterocycles. The smallest absolute Gasteiger partial charge is 0.143 e. The van der Waals surface area contributed by atoms with E-state index in [0.29, 0.717) is 22.3 Å². The highest BCUT2D eigenvalue weighted by Crippen LogP contribution is 2.45. The van der Waals surface area contributed by atoms with Crippen LogP contribution in [-0.2, 0) is 0 Å². The summed E-state index contributed by atoms with van der Waals surface area (Å²) in [5.41, 5.74) is 7.75. The topological polar surface area (TPSA) is 13.1 Å². The maximum Gasteiger partial charge on any atom is 0.143 e. The van der Waals surface area contributed by atoms with Crippen molar-refractivity contribution >= 4 is 54.3 Å². The minimum Gasteiger partial charge on any atom is -0.455 e. The van der Waals surface area contributed by atoms with E-state index in [1.807, 2.05) is 97.1 Å². The second-order valence-electron chi connectivity index (χ2n) is 12.5. The zero-order valence-corrected chi connectivity index (χ0v) is 26.4. The molecule has 1 nitrogen and oxygen atoms in total. The van der Waals surface area contributed by atoms with Crippen molar-refractivity contribution in [2.75, 3.05) is 0 Å². The Kier molecular flexibility index (Phi) is 5.38. The summed E-state index contributed by atoms with van der Waals surface area (Å²) >= 11 is 0. The van der Waals surface area contributed by atoms with Gasteiger partial charge < -0.3 is 4.42 Å². The molecule has 9 aromatic carbocycles. The number of para-hydroxylation sites is 1. The van der Waals surface area contributed by atoms with Crippen LogP contribution < -0.4 is 0 Å². The van der Waals surface area contributed by atoms with Crippen molar-refractivity contribution in [1.29, 1.82) is 0 Å². The van der Waals surface area contributed by atoms with Gasteiger partial charge in [0.1, 0.15) is 11.2 Å². The van der Waals surface area contributed by atoms with Gasteiger partial charge in [-0.2, -0.15) is 0 Å². The van der Waals surface area contributed by atoms with Crippen LogP contribution in [0.25, 0.3) is 98.8 Å². The first-order valence-electron chi connectivity index (χ1n) is 18.5. The highest BCUT2D eigenvalue weighted by atomic mass is 16.3. The zero-order chi connectivity index (χ0) is 35.8. The van der Waals surface area contributed by atoms with Gasteiger partial charge >= 0.3 is 0 Å². The van der Waals surface area contributed by atoms with Gasteiger partial charge in [-0.1, -0.05) is 164 Å². The molecule has 49 heavy (non-hydrogen) atoms. The van der Waals surface area contributed by atoms with Gasteiger partial charge in [-0.15, -0.1) is 0 Å². The number of fused-ring (bicyclic) bond motifs is 6. The van der Waals surface area contributed by atoms with Gasteiger partial charge in [0.2, 0.25) is 0 Å². The van der Waals surface area contributed by atoms with E-state index in [1.54, 1.807) is 0 Å². The standard InChI is InChI=1S/C48H30O/c1-2-14-32(15-3-1)46-38-20-6-8-22-40(38)47(41-23-9-7-21-39(41)46)35-18-10-17-33(29-35)34-27-28-45-44(30-34)43-26-12-25-42(48(43)49-45)37-24-11-16-31-13-4-5-19-36(31)37/h1-30H/i10D,17D,18D,29D. The van der Waals surface area contributed by atoms with Crippen LogP contribution in [0.5, 0.6) is 0 Å². The SMILES string of the molecule is [2H]c1c([2H])c(-c2ccc3oc4c(-c5cccc6ccccc56)cccc4c3c2)c([2H])c(-c2c3ccccc3c(-c3ccccc3)c3ccccc23)c1[2H]. The van der Waals surface area contributed by atoms with Crippen molar-refractivity contribution in [2.45, 2.75) is 0 Å². The average Bonchev–Trinajstić information content (AvgIpc) is 3.58. The lowest BCUT2D eigenvalue weighted by Gasteiger charge is -2.18. The Labute approximate surface area is 289 Å². The summed E-state index contributed by atoms with van der Waals surface area (Å²) in [5.74, 6) is 0. The lowest BCUT2D eigenvalue weighted by molar-refractivity contribution is 0.670. The maximum atomic E-state index is 9.78. The van der Waals surface area contributed by atoms with E-state index in [0.717, 1.165) is 76.5 Å². The molecule has 10 rings (SSSR count). The predicted octanol–water partition coefficient (Wildman–Crippen LogP) is 13.7. The fraction of sp³-hybridized carbons (Fsp3) is 0. The molecule has 0 aliphatic heterocycles. The monoisotopic (exact) mass is 626 g/mol. The van der Waals surface area contributed by atoms with E-state index in [9.17, 15) is 2.74 Å². The number of rotatable bonds is 4. The molecule has 0 amide bonds. The Bertz CT molecular complexity index is 3040. The van der Waals surface area contributed by atoms with Crippen LogP contribution >= 0.6 is 0 Å². The van der Waals surface area contributed by atoms with Crippen LogP contribution in [0, 0.1) is 0 Å². The largest absolute Gasteiger partial charge is 0.455 e. The van der Waals surface area contributed by atoms with Gasteiger partial charge in [-0.3, -0.25) is 0 Å². The van der Waals surface area contributed by atoms with Gasteiger partial charge in [0.15, 0.2) is 0 Å². The first kappa shape index (κ1) is 23.8. The predicted molar refractivity (Wildman–Crippen MR) is 208 cm³/mol. The molecule has 0 fully saturated rings. The molecule has 0 unspecified atom stereocenters. The van der Waals surface area contributed by atoms with Gasteiger partial charge in [0, 0.05) is 16.3 Å². The molecule has 0 radical (unpaired) electrons. The van der Waals surface area contributed by atoms with Gasteiger partial charge in [0.25, 0.3) is 0 Å². The second kappa shape index (κ2) is 11.1. The first-order valence-corrected chi connectivity index (χ1v) is 16.5. The fourth-order valence-electron chi connectivity index (χ4n) is 7.55. The Morgan fingerprint density at radius 3 is 1.71 bits per heavy atom. The van der Waals surface area contributed by atoms with Crippen molar-refractivity contribution in [3.63, 3.8) is 0 Å². The van der Waals surface area contributed by atoms with Crippen molar-refractivity contribution in [2.24, 2.45) is 0 Å². The summed E-state index contributed by atoms with van der Waals surface area (Å²) in [4.78, 5) is 0. The van der Waals surface area contributed by atoms with Crippen molar-refractivity contribution in [3.8, 4) is 44.5 Å². The third-order valence-corrected chi connectivity index (χ3v) is 9.73. The van der Waals surface area contributed by atoms with Crippen LogP contribution in [0.15, 0.2) is 186 Å². The summed E-state index contributed by atoms with van der Waals surface area (Å²) in [6, 6.07) is 52.7. The zero-order valence-electron chi connectivity index (χ0n) is 30.4. The van der Waals surface area contributed by atoms with E-state index in [-0.39, 0.29) is 24.2 Å². The summed E-state index contributed by atoms with van der Waals surface area (Å²) in [7, 11) is 0. The van der Waals surface area contributed by atoms with E-state index in [2.05, 4.69) is 60.7 Å². The molecule has 1 heterocycles. The number of hydrogen-bond acceptors (Lipinski definition) is 1. The number of benzene rings is 9. The molecule has 228 valence electrons. The molecule has 0 spiro atoms. The van der Waals surface area contributed by atoms with E-state index >= 15 is 0 Å². The molecule has 0 saturated heterocycles. The van der Waals surface area contributed by atoms with Gasteiger partial charge in [-0.05, 0) is 89.4 Å². The van der Waals surface area contributed by atoms with Crippen LogP contribution in [0.1, 0.15) is 5.48 Å². The van der Waals surface area contributed by atoms with E-state index in [1.165, 1.54) is 0 Å². The lowest BCUT2D eigenvalue weighted by Crippen LogP contribution is -1.91. The summed E-state index contributed by atoms with van der Waals surface area (Å²) in [6.45, 7) is 0. The van der Waals surface area contributed by atoms with Crippen molar-refractivity contribution in [3.05, 3.63) is 182 Å². The molecular formula is C48H30O. The molecule has 10 aromatic rings. The molecule has 0 saturated carbocycles. The van der Waals surface area contributed by atoms with Crippen molar-refractivity contribution in [1.82, 2.24) is 0 Å². The molecule has 1 heteroatoms. The average molecular weight is 627 g/mol. The lowest BCUT2D eigenvalue weighted by atomic mass is 9.85. The Balaban J connectivity index is 1.23. The van der Waals surface area contributed by atoms with Crippen LogP contribution in [-0.4, -0.2) is 0 Å². The first-order chi connectivity index (χ1) is 26.0. The Morgan fingerprint density at radius 2 is 0.959 bits per heavy atom. The number of furan rings is 1. The molecule has 0 bridgehead atoms. The maximum absolute atomic E-state index is 9.78. The third-order valence-electron chi connectivity index (χ3n) is 9.73. The van der Waals surface area contributed by atoms with Gasteiger partial charge in [0.05, 0.1) is 5.48 Å². The summed E-state index contributed by atoms with van der Waals surface area (Å²) in [6.07, 6.45) is 0. The molecule has 0 aliphatic carbocycles. The molecule has 0 atom stereocenters. The minimum absolute atomic E-state index is 0.0577. The Hall–Kier alpha value is -6.44. The minimum atomic E-state index is -0.207. The Morgan fingerprint density at radius 1 is 0.388 bits per heavy atom. The van der Waals surface area contributed by atoms with E-state index in [4.69, 9.17) is 7.16 Å². The normalized spacial score (nSPS) is 12.8. The molecular weight excluding hydrogens is 593 g/mol. The van der Waals surface area contributed by atoms with E-state index < -0.39 is 0 Å². The second-order valence-corrected chi connectivity index (χ2v) is 12.5. The van der Waals surface area contributed by atoms with Gasteiger partial charge in [-0.25, -0.2) is 0 Å². The highest BCUT2D eigenvalue weighted by Gasteiger charge is 2.18. The number of hydrogen-bond donors (Lipinski definition) is 0. The molecule has 0 aliphatic rings. The quantitative estimate of drug-likeness (QED) is 0.177. The highest BCUT2D eigenvalue weighted by molar-refractivity contribution is 6.21. The van der Waals surface area contributed by atoms with Crippen molar-refractivity contribution < 1.29 is 9.90 Å². The summed E-state index contributed by atoms with van der Waals surface area (Å²) in [5, 5.41) is 7.89. The fourth-order valence-corrected chi connectivity index (χ4v) is 7.55. The van der Waals surface area contributed by atoms with Crippen LogP contribution in [0.4, 0.5) is 0 Å². The molecule has 0 N–H and O–H groups in total. The van der Waals surface area contributed by atoms with Crippen LogP contribution in [0.3, 0.4) is 0 Å². The van der Waals surface area contributed by atoms with Crippen LogP contribution in [0.2, 0.25) is 0 Å².